The predicted octanol–water partition coefficient (Wildman–Crippen LogP) is 3.72. The first kappa shape index (κ1) is 12.1. The Bertz CT molecular complexity index is 240. The van der Waals surface area contributed by atoms with Crippen LogP contribution in [0.5, 0.6) is 0 Å². The minimum atomic E-state index is 0.170. The second kappa shape index (κ2) is 5.18. The summed E-state index contributed by atoms with van der Waals surface area (Å²) in [5.74, 6) is 1.08. The van der Waals surface area contributed by atoms with Gasteiger partial charge >= 0.3 is 87.0 Å². The van der Waals surface area contributed by atoms with E-state index in [4.69, 9.17) is 9.90 Å². The molecule has 1 aliphatic heterocycles. The molecule has 0 radical (unpaired) electrons. The molecular weight excluding hydrogens is 195 g/mol. The van der Waals surface area contributed by atoms with E-state index in [0.29, 0.717) is 26.1 Å². The van der Waals surface area contributed by atoms with Crippen molar-refractivity contribution in [1.29, 1.82) is 5.16 Å². The molecule has 0 spiro atoms. The van der Waals surface area contributed by atoms with Gasteiger partial charge in [-0.15, -0.1) is 0 Å². The number of nitrogens with one attached hydrogen (secondary N) is 1. The third-order valence-corrected chi connectivity index (χ3v) is 3.80. The summed E-state index contributed by atoms with van der Waals surface area (Å²) in [6.45, 7) is 8.70. The molecule has 0 aliphatic carbocycles. The number of hydrogen-bond donors (Lipinski definition) is 1. The van der Waals surface area contributed by atoms with Crippen molar-refractivity contribution in [3.8, 4) is 0 Å². The Balaban J connectivity index is 2.78. The number of ether oxygens (including phenoxy) is 1. The third-order valence-electron chi connectivity index (χ3n) is 3.42. The fraction of sp³-hybridized carbons (Fsp3) is 1.00. The molecule has 14 heavy (non-hydrogen) atoms. The first-order chi connectivity index (χ1) is 6.61. The molecule has 1 heterocycles. The molecule has 0 aromatic heterocycles. The number of rotatable bonds is 2. The molecule has 0 aromatic rings. The van der Waals surface area contributed by atoms with Gasteiger partial charge in [-0.2, -0.15) is 0 Å². The third kappa shape index (κ3) is 2.32. The minimum absolute atomic E-state index is 0.170. The quantitative estimate of drug-likeness (QED) is 0.701. The van der Waals surface area contributed by atoms with Gasteiger partial charge in [0.2, 0.25) is 0 Å². The van der Waals surface area contributed by atoms with Gasteiger partial charge < -0.3 is 0 Å². The molecule has 1 saturated heterocycles. The summed E-state index contributed by atoms with van der Waals surface area (Å²) in [5, 5.41) is 7.13. The molecule has 0 saturated carbocycles. The van der Waals surface area contributed by atoms with Gasteiger partial charge in [-0.1, -0.05) is 0 Å². The average Bonchev–Trinajstić information content (AvgIpc) is 2.18. The molecular formula is C10H20N2OP+. The van der Waals surface area contributed by atoms with Crippen LogP contribution in [0.25, 0.3) is 0 Å². The Labute approximate surface area is 87.6 Å². The molecule has 1 rings (SSSR count). The van der Waals surface area contributed by atoms with Crippen LogP contribution >= 0.6 is 8.16 Å². The number of hydrogen-bond acceptors (Lipinski definition) is 3. The summed E-state index contributed by atoms with van der Waals surface area (Å²) < 4.78 is 10.2. The van der Waals surface area contributed by atoms with E-state index in [1.54, 1.807) is 0 Å². The molecule has 1 aliphatic rings. The van der Waals surface area contributed by atoms with E-state index in [2.05, 4.69) is 32.4 Å². The molecule has 0 aromatic carbocycles. The molecule has 1 fully saturated rings. The Hall–Kier alpha value is -0.0100. The van der Waals surface area contributed by atoms with Gasteiger partial charge in [0.25, 0.3) is 0 Å². The monoisotopic (exact) mass is 215 g/mol. The molecule has 1 N–H and O–H groups in total. The van der Waals surface area contributed by atoms with Crippen LogP contribution in [0.3, 0.4) is 0 Å². The predicted molar refractivity (Wildman–Crippen MR) is 58.8 cm³/mol. The zero-order valence-corrected chi connectivity index (χ0v) is 10.3. The van der Waals surface area contributed by atoms with E-state index in [0.717, 1.165) is 6.42 Å². The number of nitrogens with zero attached hydrogens (tertiary/aromatic N) is 1. The van der Waals surface area contributed by atoms with E-state index in [-0.39, 0.29) is 12.1 Å². The summed E-state index contributed by atoms with van der Waals surface area (Å²) in [7, 11) is 0.380. The summed E-state index contributed by atoms with van der Waals surface area (Å²) in [6, 6.07) is 0.201. The maximum atomic E-state index is 7.13. The van der Waals surface area contributed by atoms with Gasteiger partial charge in [0.1, 0.15) is 0 Å². The van der Waals surface area contributed by atoms with Crippen molar-refractivity contribution in [2.75, 3.05) is 0 Å². The van der Waals surface area contributed by atoms with Crippen LogP contribution in [0.1, 0.15) is 34.1 Å². The fourth-order valence-corrected chi connectivity index (χ4v) is 2.82. The van der Waals surface area contributed by atoms with Gasteiger partial charge in [0, 0.05) is 0 Å². The Morgan fingerprint density at radius 2 is 1.93 bits per heavy atom. The van der Waals surface area contributed by atoms with Gasteiger partial charge in [-0.25, -0.2) is 0 Å². The van der Waals surface area contributed by atoms with Crippen molar-refractivity contribution in [2.24, 2.45) is 16.6 Å². The normalized spacial score (nSPS) is 43.3. The average molecular weight is 215 g/mol. The van der Waals surface area contributed by atoms with Gasteiger partial charge in [-0.3, -0.25) is 0 Å². The zero-order valence-electron chi connectivity index (χ0n) is 9.40. The van der Waals surface area contributed by atoms with Crippen LogP contribution < -0.4 is 0 Å². The molecule has 5 atom stereocenters. The molecule has 4 heteroatoms. The van der Waals surface area contributed by atoms with E-state index in [1.807, 2.05) is 0 Å². The van der Waals surface area contributed by atoms with Crippen LogP contribution in [-0.2, 0) is 4.74 Å². The van der Waals surface area contributed by atoms with E-state index in [1.165, 1.54) is 0 Å². The van der Waals surface area contributed by atoms with Crippen LogP contribution in [0.15, 0.2) is 4.74 Å². The van der Waals surface area contributed by atoms with Crippen LogP contribution in [0.2, 0.25) is 0 Å². The summed E-state index contributed by atoms with van der Waals surface area (Å²) in [4.78, 5) is 0. The van der Waals surface area contributed by atoms with Crippen molar-refractivity contribution in [1.82, 2.24) is 0 Å². The second-order valence-electron chi connectivity index (χ2n) is 4.21. The Morgan fingerprint density at radius 3 is 2.43 bits per heavy atom. The molecule has 80 valence electrons. The van der Waals surface area contributed by atoms with Crippen LogP contribution in [0.4, 0.5) is 0 Å². The topological polar surface area (TPSA) is 45.4 Å². The fourth-order valence-electron chi connectivity index (χ4n) is 2.29. The van der Waals surface area contributed by atoms with Gasteiger partial charge in [-0.05, 0) is 0 Å². The first-order valence-corrected chi connectivity index (χ1v) is 6.18. The van der Waals surface area contributed by atoms with Gasteiger partial charge in [0.15, 0.2) is 0 Å². The molecule has 0 amide bonds. The van der Waals surface area contributed by atoms with E-state index in [9.17, 15) is 0 Å². The summed E-state index contributed by atoms with van der Waals surface area (Å²) >= 11 is 0. The molecule has 0 bridgehead atoms. The van der Waals surface area contributed by atoms with Crippen molar-refractivity contribution < 1.29 is 4.74 Å². The van der Waals surface area contributed by atoms with Crippen molar-refractivity contribution in [2.45, 2.75) is 52.4 Å². The maximum absolute atomic E-state index is 7.13. The van der Waals surface area contributed by atoms with Crippen LogP contribution in [0, 0.1) is 17.0 Å². The standard InChI is InChI=1S/C10H20N2OP/c1-5-9-6(2)7(3)10(12-14-11)8(4)13-9/h6-11H,5H2,1-4H3/q+1/t6-,7+,8+,9?,10?/m1/s1. The second-order valence-corrected chi connectivity index (χ2v) is 4.64. The summed E-state index contributed by atoms with van der Waals surface area (Å²) in [5.41, 5.74) is 0. The van der Waals surface area contributed by atoms with Crippen molar-refractivity contribution in [3.05, 3.63) is 0 Å². The SMILES string of the molecule is CCC1O[C@@H](C)C(N=[P+]=N)[C@@H](C)[C@H]1C. The zero-order chi connectivity index (χ0) is 10.7. The van der Waals surface area contributed by atoms with E-state index >= 15 is 0 Å². The van der Waals surface area contributed by atoms with E-state index < -0.39 is 0 Å². The first-order valence-electron chi connectivity index (χ1n) is 5.33. The molecule has 2 unspecified atom stereocenters. The molecule has 3 nitrogen and oxygen atoms in total. The van der Waals surface area contributed by atoms with Crippen molar-refractivity contribution in [3.63, 3.8) is 0 Å². The Morgan fingerprint density at radius 1 is 1.29 bits per heavy atom. The van der Waals surface area contributed by atoms with Crippen LogP contribution in [-0.4, -0.2) is 18.2 Å². The van der Waals surface area contributed by atoms with Crippen molar-refractivity contribution >= 4 is 8.16 Å². The van der Waals surface area contributed by atoms with Gasteiger partial charge in [0.05, 0.1) is 0 Å². The Kier molecular flexibility index (Phi) is 4.46. The summed E-state index contributed by atoms with van der Waals surface area (Å²) in [6.07, 6.45) is 1.61.